The van der Waals surface area contributed by atoms with E-state index in [1.165, 1.54) is 5.56 Å². The zero-order valence-electron chi connectivity index (χ0n) is 11.5. The van der Waals surface area contributed by atoms with Gasteiger partial charge in [0.15, 0.2) is 0 Å². The molecule has 3 heteroatoms. The van der Waals surface area contributed by atoms with Crippen LogP contribution in [0, 0.1) is 0 Å². The third-order valence-corrected chi connectivity index (χ3v) is 3.64. The van der Waals surface area contributed by atoms with Gasteiger partial charge in [-0.05, 0) is 48.7 Å². The first-order valence-electron chi connectivity index (χ1n) is 6.93. The number of aromatic nitrogens is 2. The quantitative estimate of drug-likeness (QED) is 0.704. The first-order valence-corrected chi connectivity index (χ1v) is 7.30. The van der Waals surface area contributed by atoms with Gasteiger partial charge in [-0.1, -0.05) is 35.9 Å². The van der Waals surface area contributed by atoms with Gasteiger partial charge < -0.3 is 0 Å². The molecular weight excluding hydrogens is 280 g/mol. The summed E-state index contributed by atoms with van der Waals surface area (Å²) >= 11 is 5.95. The van der Waals surface area contributed by atoms with Crippen molar-refractivity contribution in [1.82, 2.24) is 9.97 Å². The van der Waals surface area contributed by atoms with Crippen molar-refractivity contribution in [3.05, 3.63) is 83.3 Å². The third kappa shape index (κ3) is 3.47. The van der Waals surface area contributed by atoms with Crippen LogP contribution in [0.15, 0.2) is 67.0 Å². The van der Waals surface area contributed by atoms with Crippen LogP contribution in [0.25, 0.3) is 11.3 Å². The van der Waals surface area contributed by atoms with E-state index in [2.05, 4.69) is 22.1 Å². The van der Waals surface area contributed by atoms with Crippen LogP contribution in [-0.4, -0.2) is 9.97 Å². The molecule has 0 fully saturated rings. The molecule has 1 aromatic carbocycles. The van der Waals surface area contributed by atoms with Crippen molar-refractivity contribution in [1.29, 1.82) is 0 Å². The minimum atomic E-state index is 0.740. The normalized spacial score (nSPS) is 10.5. The number of nitrogens with zero attached hydrogens (tertiary/aromatic N) is 2. The van der Waals surface area contributed by atoms with Crippen molar-refractivity contribution in [2.75, 3.05) is 0 Å². The van der Waals surface area contributed by atoms with Crippen LogP contribution in [0.1, 0.15) is 11.3 Å². The molecule has 3 aromatic rings. The van der Waals surface area contributed by atoms with Crippen LogP contribution in [0.5, 0.6) is 0 Å². The summed E-state index contributed by atoms with van der Waals surface area (Å²) in [5.41, 5.74) is 4.44. The van der Waals surface area contributed by atoms with Gasteiger partial charge in [0, 0.05) is 28.7 Å². The number of benzene rings is 1. The van der Waals surface area contributed by atoms with E-state index in [-0.39, 0.29) is 0 Å². The SMILES string of the molecule is Clc1ccc(-c2ncccc2CCc2ccccn2)cc1. The lowest BCUT2D eigenvalue weighted by molar-refractivity contribution is 0.909. The number of hydrogen-bond donors (Lipinski definition) is 0. The second kappa shape index (κ2) is 6.51. The van der Waals surface area contributed by atoms with E-state index in [0.717, 1.165) is 34.8 Å². The van der Waals surface area contributed by atoms with E-state index >= 15 is 0 Å². The Morgan fingerprint density at radius 2 is 1.57 bits per heavy atom. The summed E-state index contributed by atoms with van der Waals surface area (Å²) in [5, 5.41) is 0.740. The zero-order valence-corrected chi connectivity index (χ0v) is 12.3. The Bertz CT molecular complexity index is 709. The van der Waals surface area contributed by atoms with Crippen molar-refractivity contribution < 1.29 is 0 Å². The van der Waals surface area contributed by atoms with Gasteiger partial charge in [0.1, 0.15) is 0 Å². The highest BCUT2D eigenvalue weighted by Gasteiger charge is 2.06. The lowest BCUT2D eigenvalue weighted by atomic mass is 10.0. The summed E-state index contributed by atoms with van der Waals surface area (Å²) in [7, 11) is 0. The Morgan fingerprint density at radius 1 is 0.762 bits per heavy atom. The van der Waals surface area contributed by atoms with Crippen molar-refractivity contribution >= 4 is 11.6 Å². The highest BCUT2D eigenvalue weighted by molar-refractivity contribution is 6.30. The van der Waals surface area contributed by atoms with Crippen molar-refractivity contribution in [3.63, 3.8) is 0 Å². The van der Waals surface area contributed by atoms with Crippen molar-refractivity contribution in [2.45, 2.75) is 12.8 Å². The van der Waals surface area contributed by atoms with Gasteiger partial charge in [-0.25, -0.2) is 0 Å². The second-order valence-electron chi connectivity index (χ2n) is 4.84. The van der Waals surface area contributed by atoms with Crippen LogP contribution in [-0.2, 0) is 12.8 Å². The number of rotatable bonds is 4. The fourth-order valence-corrected chi connectivity index (χ4v) is 2.44. The summed E-state index contributed by atoms with van der Waals surface area (Å²) in [6.45, 7) is 0. The molecule has 0 aliphatic carbocycles. The fourth-order valence-electron chi connectivity index (χ4n) is 2.32. The molecule has 0 aliphatic heterocycles. The molecule has 2 heterocycles. The minimum Gasteiger partial charge on any atom is -0.261 e. The average Bonchev–Trinajstić information content (AvgIpc) is 2.55. The summed E-state index contributed by atoms with van der Waals surface area (Å²) in [6, 6.07) is 17.9. The van der Waals surface area contributed by atoms with Gasteiger partial charge in [0.2, 0.25) is 0 Å². The topological polar surface area (TPSA) is 25.8 Å². The largest absolute Gasteiger partial charge is 0.261 e. The maximum absolute atomic E-state index is 5.95. The Morgan fingerprint density at radius 3 is 2.33 bits per heavy atom. The van der Waals surface area contributed by atoms with E-state index in [9.17, 15) is 0 Å². The van der Waals surface area contributed by atoms with Crippen molar-refractivity contribution in [2.24, 2.45) is 0 Å². The molecule has 0 saturated carbocycles. The molecule has 0 aliphatic rings. The van der Waals surface area contributed by atoms with Gasteiger partial charge in [-0.2, -0.15) is 0 Å². The van der Waals surface area contributed by atoms with Crippen LogP contribution in [0.2, 0.25) is 5.02 Å². The lowest BCUT2D eigenvalue weighted by Crippen LogP contribution is -1.97. The molecule has 0 bridgehead atoms. The molecule has 21 heavy (non-hydrogen) atoms. The van der Waals surface area contributed by atoms with Crippen LogP contribution < -0.4 is 0 Å². The van der Waals surface area contributed by atoms with Crippen LogP contribution >= 0.6 is 11.6 Å². The molecule has 0 unspecified atom stereocenters. The molecule has 3 rings (SSSR count). The predicted molar refractivity (Wildman–Crippen MR) is 86.3 cm³/mol. The Hall–Kier alpha value is -2.19. The highest BCUT2D eigenvalue weighted by Crippen LogP contribution is 2.23. The van der Waals surface area contributed by atoms with E-state index in [0.29, 0.717) is 0 Å². The third-order valence-electron chi connectivity index (χ3n) is 3.39. The highest BCUT2D eigenvalue weighted by atomic mass is 35.5. The molecular formula is C18H15ClN2. The van der Waals surface area contributed by atoms with Crippen LogP contribution in [0.3, 0.4) is 0 Å². The molecule has 0 radical (unpaired) electrons. The smallest absolute Gasteiger partial charge is 0.0734 e. The summed E-state index contributed by atoms with van der Waals surface area (Å²) < 4.78 is 0. The van der Waals surface area contributed by atoms with E-state index in [1.54, 1.807) is 0 Å². The Balaban J connectivity index is 1.84. The maximum Gasteiger partial charge on any atom is 0.0734 e. The molecule has 104 valence electrons. The zero-order chi connectivity index (χ0) is 14.5. The van der Waals surface area contributed by atoms with E-state index in [1.807, 2.05) is 54.9 Å². The lowest BCUT2D eigenvalue weighted by Gasteiger charge is -2.08. The molecule has 0 saturated heterocycles. The molecule has 0 spiro atoms. The summed E-state index contributed by atoms with van der Waals surface area (Å²) in [4.78, 5) is 8.90. The standard InChI is InChI=1S/C18H15ClN2/c19-16-9-6-15(7-10-16)18-14(4-3-13-21-18)8-11-17-5-1-2-12-20-17/h1-7,9-10,12-13H,8,11H2. The molecule has 0 amide bonds. The van der Waals surface area contributed by atoms with E-state index in [4.69, 9.17) is 11.6 Å². The first kappa shape index (κ1) is 13.8. The number of pyridine rings is 2. The van der Waals surface area contributed by atoms with Gasteiger partial charge in [-0.3, -0.25) is 9.97 Å². The summed E-state index contributed by atoms with van der Waals surface area (Å²) in [5.74, 6) is 0. The molecule has 0 N–H and O–H groups in total. The Kier molecular flexibility index (Phi) is 4.27. The average molecular weight is 295 g/mol. The van der Waals surface area contributed by atoms with Gasteiger partial charge in [0.25, 0.3) is 0 Å². The predicted octanol–water partition coefficient (Wildman–Crippen LogP) is 4.58. The van der Waals surface area contributed by atoms with Gasteiger partial charge >= 0.3 is 0 Å². The fraction of sp³-hybridized carbons (Fsp3) is 0.111. The van der Waals surface area contributed by atoms with Crippen molar-refractivity contribution in [3.8, 4) is 11.3 Å². The molecule has 2 nitrogen and oxygen atoms in total. The van der Waals surface area contributed by atoms with E-state index < -0.39 is 0 Å². The van der Waals surface area contributed by atoms with Crippen LogP contribution in [0.4, 0.5) is 0 Å². The first-order chi connectivity index (χ1) is 10.3. The summed E-state index contributed by atoms with van der Waals surface area (Å²) in [6.07, 6.45) is 5.49. The monoisotopic (exact) mass is 294 g/mol. The molecule has 2 aromatic heterocycles. The van der Waals surface area contributed by atoms with Gasteiger partial charge in [-0.15, -0.1) is 0 Å². The Labute approximate surface area is 129 Å². The number of hydrogen-bond acceptors (Lipinski definition) is 2. The number of aryl methyl sites for hydroxylation is 2. The molecule has 0 atom stereocenters. The van der Waals surface area contributed by atoms with Gasteiger partial charge in [0.05, 0.1) is 5.69 Å². The number of halogens is 1. The minimum absolute atomic E-state index is 0.740. The maximum atomic E-state index is 5.95. The second-order valence-corrected chi connectivity index (χ2v) is 5.28.